The number of H-pyrrole nitrogens is 2. The van der Waals surface area contributed by atoms with E-state index in [4.69, 9.17) is 4.74 Å². The molecule has 10 nitrogen and oxygen atoms in total. The van der Waals surface area contributed by atoms with Crippen LogP contribution in [0.3, 0.4) is 0 Å². The van der Waals surface area contributed by atoms with Crippen molar-refractivity contribution in [3.8, 4) is 17.1 Å². The third-order valence-electron chi connectivity index (χ3n) is 8.06. The lowest BCUT2D eigenvalue weighted by molar-refractivity contribution is 0.0617. The Morgan fingerprint density at radius 1 is 1.17 bits per heavy atom. The van der Waals surface area contributed by atoms with E-state index in [1.165, 1.54) is 25.3 Å². The summed E-state index contributed by atoms with van der Waals surface area (Å²) in [5.74, 6) is -2.09. The lowest BCUT2D eigenvalue weighted by Gasteiger charge is -2.34. The molecule has 0 bridgehead atoms. The number of benzene rings is 2. The zero-order chi connectivity index (χ0) is 29.5. The van der Waals surface area contributed by atoms with Crippen molar-refractivity contribution in [3.63, 3.8) is 0 Å². The molecule has 4 heterocycles. The number of aromatic amines is 2. The quantitative estimate of drug-likeness (QED) is 0.253. The molecule has 0 spiro atoms. The summed E-state index contributed by atoms with van der Waals surface area (Å²) in [4.78, 5) is 40.9. The summed E-state index contributed by atoms with van der Waals surface area (Å²) in [6.07, 6.45) is 2.27. The molecule has 4 N–H and O–H groups in total. The number of aromatic nitrogens is 3. The first-order chi connectivity index (χ1) is 20.2. The van der Waals surface area contributed by atoms with Gasteiger partial charge in [0.1, 0.15) is 24.1 Å². The van der Waals surface area contributed by atoms with Crippen LogP contribution in [0.25, 0.3) is 22.4 Å². The molecule has 1 saturated heterocycles. The Bertz CT molecular complexity index is 1710. The summed E-state index contributed by atoms with van der Waals surface area (Å²) in [6.45, 7) is 3.58. The number of nitrogens with one attached hydrogen (secondary N) is 3. The number of aliphatic hydroxyl groups excluding tert-OH is 1. The summed E-state index contributed by atoms with van der Waals surface area (Å²) in [7, 11) is 2.09. The lowest BCUT2D eigenvalue weighted by Crippen LogP contribution is -2.43. The summed E-state index contributed by atoms with van der Waals surface area (Å²) in [5, 5.41) is 13.5. The number of carbonyl (C=O) groups excluding carboxylic acids is 1. The third kappa shape index (κ3) is 5.23. The molecule has 0 radical (unpaired) electrons. The number of halogens is 2. The van der Waals surface area contributed by atoms with Gasteiger partial charge in [0.15, 0.2) is 11.6 Å². The van der Waals surface area contributed by atoms with Crippen LogP contribution in [0, 0.1) is 18.6 Å². The van der Waals surface area contributed by atoms with Gasteiger partial charge in [0, 0.05) is 30.9 Å². The fraction of sp³-hybridized carbons (Fsp3) is 0.367. The number of pyridine rings is 1. The standard InChI is InChI=1S/C30H32F2N6O4/c1-16-3-4-24(27(32)26(16)31)42-15-19(39)13-34-21-5-8-33-29(40)25(21)28-35-22-11-17-14-38(18-6-9-37(2)10-7-18)30(41)20(17)12-23(22)36-28/h3-5,8,11-12,18-19,39H,6-7,9-10,13-15H2,1-2H3,(H,35,36)(H2,33,34,40)/t19-/m1/s1. The van der Waals surface area contributed by atoms with Gasteiger partial charge in [-0.1, -0.05) is 6.07 Å². The molecule has 0 unspecified atom stereocenters. The van der Waals surface area contributed by atoms with E-state index in [1.807, 2.05) is 11.0 Å². The Hall–Kier alpha value is -4.29. The largest absolute Gasteiger partial charge is 0.488 e. The van der Waals surface area contributed by atoms with Crippen LogP contribution in [0.1, 0.15) is 34.3 Å². The van der Waals surface area contributed by atoms with Crippen LogP contribution in [-0.4, -0.2) is 81.2 Å². The molecule has 12 heteroatoms. The van der Waals surface area contributed by atoms with Crippen molar-refractivity contribution in [1.29, 1.82) is 0 Å². The van der Waals surface area contributed by atoms with Crippen LogP contribution in [0.5, 0.6) is 5.75 Å². The molecule has 0 saturated carbocycles. The highest BCUT2D eigenvalue weighted by Crippen LogP contribution is 2.32. The van der Waals surface area contributed by atoms with Crippen molar-refractivity contribution in [2.75, 3.05) is 38.6 Å². The van der Waals surface area contributed by atoms with Gasteiger partial charge in [-0.15, -0.1) is 0 Å². The van der Waals surface area contributed by atoms with E-state index in [0.717, 1.165) is 31.5 Å². The van der Waals surface area contributed by atoms with E-state index in [9.17, 15) is 23.5 Å². The number of carbonyl (C=O) groups is 1. The van der Waals surface area contributed by atoms with Crippen LogP contribution in [-0.2, 0) is 6.54 Å². The first kappa shape index (κ1) is 27.9. The monoisotopic (exact) mass is 578 g/mol. The van der Waals surface area contributed by atoms with Gasteiger partial charge in [0.25, 0.3) is 11.5 Å². The minimum atomic E-state index is -1.11. The maximum absolute atomic E-state index is 14.1. The number of anilines is 1. The highest BCUT2D eigenvalue weighted by Gasteiger charge is 2.34. The maximum Gasteiger partial charge on any atom is 0.261 e. The predicted octanol–water partition coefficient (Wildman–Crippen LogP) is 3.41. The summed E-state index contributed by atoms with van der Waals surface area (Å²) < 4.78 is 33.2. The van der Waals surface area contributed by atoms with Gasteiger partial charge >= 0.3 is 0 Å². The second kappa shape index (κ2) is 11.2. The topological polar surface area (TPSA) is 127 Å². The number of rotatable bonds is 8. The molecule has 2 aliphatic rings. The highest BCUT2D eigenvalue weighted by molar-refractivity contribution is 6.02. The average molecular weight is 579 g/mol. The van der Waals surface area contributed by atoms with E-state index in [2.05, 4.69) is 32.2 Å². The van der Waals surface area contributed by atoms with Crippen LogP contribution in [0.15, 0.2) is 41.3 Å². The molecular weight excluding hydrogens is 546 g/mol. The second-order valence-corrected chi connectivity index (χ2v) is 11.0. The third-order valence-corrected chi connectivity index (χ3v) is 8.06. The Kier molecular flexibility index (Phi) is 7.42. The van der Waals surface area contributed by atoms with Crippen molar-refractivity contribution >= 4 is 22.6 Å². The van der Waals surface area contributed by atoms with Gasteiger partial charge in [0.05, 0.1) is 16.7 Å². The number of aliphatic hydroxyl groups is 1. The molecule has 1 atom stereocenters. The van der Waals surface area contributed by atoms with Crippen molar-refractivity contribution in [1.82, 2.24) is 24.8 Å². The fourth-order valence-electron chi connectivity index (χ4n) is 5.63. The molecule has 2 aromatic carbocycles. The van der Waals surface area contributed by atoms with Crippen molar-refractivity contribution in [2.24, 2.45) is 0 Å². The van der Waals surface area contributed by atoms with E-state index in [1.54, 1.807) is 12.1 Å². The van der Waals surface area contributed by atoms with Crippen LogP contribution < -0.4 is 15.6 Å². The molecular formula is C30H32F2N6O4. The Morgan fingerprint density at radius 3 is 2.74 bits per heavy atom. The van der Waals surface area contributed by atoms with Crippen molar-refractivity contribution in [3.05, 3.63) is 75.2 Å². The molecule has 2 aliphatic heterocycles. The summed E-state index contributed by atoms with van der Waals surface area (Å²) >= 11 is 0. The minimum absolute atomic E-state index is 0.00961. The number of piperidine rings is 1. The lowest BCUT2D eigenvalue weighted by atomic mass is 10.0. The smallest absolute Gasteiger partial charge is 0.261 e. The molecule has 1 fully saturated rings. The van der Waals surface area contributed by atoms with Gasteiger partial charge in [-0.25, -0.2) is 9.37 Å². The number of amides is 1. The molecule has 1 amide bonds. The Balaban J connectivity index is 1.17. The summed E-state index contributed by atoms with van der Waals surface area (Å²) in [6, 6.07) is 8.25. The first-order valence-electron chi connectivity index (χ1n) is 13.9. The van der Waals surface area contributed by atoms with E-state index >= 15 is 0 Å². The Labute approximate surface area is 240 Å². The van der Waals surface area contributed by atoms with Crippen LogP contribution in [0.4, 0.5) is 14.5 Å². The molecule has 0 aliphatic carbocycles. The average Bonchev–Trinajstić information content (AvgIpc) is 3.53. The number of aryl methyl sites for hydroxylation is 1. The van der Waals surface area contributed by atoms with E-state index in [0.29, 0.717) is 34.7 Å². The predicted molar refractivity (Wildman–Crippen MR) is 154 cm³/mol. The van der Waals surface area contributed by atoms with Crippen molar-refractivity contribution in [2.45, 2.75) is 38.5 Å². The maximum atomic E-state index is 14.1. The summed E-state index contributed by atoms with van der Waals surface area (Å²) in [5.41, 5.74) is 3.21. The highest BCUT2D eigenvalue weighted by atomic mass is 19.2. The number of ether oxygens (including phenoxy) is 1. The molecule has 2 aromatic heterocycles. The van der Waals surface area contributed by atoms with Crippen molar-refractivity contribution < 1.29 is 23.4 Å². The van der Waals surface area contributed by atoms with Crippen LogP contribution in [0.2, 0.25) is 0 Å². The first-order valence-corrected chi connectivity index (χ1v) is 13.9. The number of hydrogen-bond acceptors (Lipinski definition) is 7. The minimum Gasteiger partial charge on any atom is -0.488 e. The van der Waals surface area contributed by atoms with Gasteiger partial charge in [-0.2, -0.15) is 4.39 Å². The number of likely N-dealkylation sites (tertiary alicyclic amines) is 1. The van der Waals surface area contributed by atoms with Gasteiger partial charge in [-0.3, -0.25) is 9.59 Å². The molecule has 6 rings (SSSR count). The van der Waals surface area contributed by atoms with Gasteiger partial charge in [-0.05, 0) is 75.3 Å². The number of hydrogen-bond donors (Lipinski definition) is 4. The number of imidazole rings is 1. The van der Waals surface area contributed by atoms with Crippen LogP contribution >= 0.6 is 0 Å². The zero-order valence-electron chi connectivity index (χ0n) is 23.3. The number of nitrogens with zero attached hydrogens (tertiary/aromatic N) is 3. The molecule has 4 aromatic rings. The van der Waals surface area contributed by atoms with Gasteiger partial charge < -0.3 is 34.9 Å². The normalized spacial score (nSPS) is 16.7. The second-order valence-electron chi connectivity index (χ2n) is 11.0. The van der Waals surface area contributed by atoms with E-state index < -0.39 is 23.3 Å². The SMILES string of the molecule is Cc1ccc(OC[C@H](O)CNc2cc[nH]c(=O)c2-c2nc3cc4c(cc3[nH]2)CN(C2CCN(C)CC2)C4=O)c(F)c1F. The van der Waals surface area contributed by atoms with Gasteiger partial charge in [0.2, 0.25) is 5.82 Å². The molecule has 220 valence electrons. The Morgan fingerprint density at radius 2 is 1.95 bits per heavy atom. The van der Waals surface area contributed by atoms with E-state index in [-0.39, 0.29) is 42.0 Å². The fourth-order valence-corrected chi connectivity index (χ4v) is 5.63. The molecule has 42 heavy (non-hydrogen) atoms. The zero-order valence-corrected chi connectivity index (χ0v) is 23.3. The number of fused-ring (bicyclic) bond motifs is 2.